The van der Waals surface area contributed by atoms with E-state index in [9.17, 15) is 4.79 Å². The molecule has 2 aliphatic carbocycles. The fraction of sp³-hybridized carbons (Fsp3) is 0.581. The van der Waals surface area contributed by atoms with E-state index in [1.54, 1.807) is 0 Å². The molecule has 5 heteroatoms. The lowest BCUT2D eigenvalue weighted by Gasteiger charge is -2.27. The quantitative estimate of drug-likeness (QED) is 0.575. The fourth-order valence-electron chi connectivity index (χ4n) is 6.92. The van der Waals surface area contributed by atoms with Crippen molar-refractivity contribution in [1.29, 1.82) is 0 Å². The van der Waals surface area contributed by atoms with E-state index in [1.807, 2.05) is 24.3 Å². The number of nitrogens with one attached hydrogen (secondary N) is 1. The molecule has 1 N–H and O–H groups in total. The molecule has 5 nitrogen and oxygen atoms in total. The summed E-state index contributed by atoms with van der Waals surface area (Å²) >= 11 is 0. The number of hydrogen-bond acceptors (Lipinski definition) is 4. The lowest BCUT2D eigenvalue weighted by Crippen LogP contribution is -2.38. The van der Waals surface area contributed by atoms with Crippen LogP contribution in [0.15, 0.2) is 42.5 Å². The van der Waals surface area contributed by atoms with Crippen LogP contribution in [0.3, 0.4) is 0 Å². The van der Waals surface area contributed by atoms with Crippen molar-refractivity contribution in [2.45, 2.75) is 82.9 Å². The van der Waals surface area contributed by atoms with Crippen LogP contribution in [-0.2, 0) is 24.1 Å². The average Bonchev–Trinajstić information content (AvgIpc) is 3.67. The molecule has 2 saturated heterocycles. The van der Waals surface area contributed by atoms with Gasteiger partial charge in [0.25, 0.3) is 5.91 Å². The number of likely N-dealkylation sites (tertiary alicyclic amines) is 1. The molecular weight excluding hydrogens is 448 g/mol. The highest BCUT2D eigenvalue weighted by atomic mass is 16.5. The normalized spacial score (nSPS) is 25.2. The van der Waals surface area contributed by atoms with Gasteiger partial charge in [-0.2, -0.15) is 0 Å². The average molecular weight is 489 g/mol. The van der Waals surface area contributed by atoms with Gasteiger partial charge in [0.15, 0.2) is 0 Å². The standard InChI is InChI=1S/C31H40N2O3/c34-30(24-8-11-28(12-9-24)36-21-29-4-3-17-35-29)32-27-10-7-25-18-23(5-6-26(25)19-27)20-33-16-15-31(22-33)13-1-2-14-31/h5-6,8-9,11-12,18,27,29H,1-4,7,10,13-17,19-22H2,(H,32,34)/t27-,29-/m0/s1. The third kappa shape index (κ3) is 5.47. The zero-order valence-corrected chi connectivity index (χ0v) is 21.5. The number of ether oxygens (including phenoxy) is 2. The van der Waals surface area contributed by atoms with Crippen molar-refractivity contribution in [1.82, 2.24) is 10.2 Å². The molecule has 1 amide bonds. The van der Waals surface area contributed by atoms with Crippen LogP contribution in [0, 0.1) is 5.41 Å². The van der Waals surface area contributed by atoms with Crippen LogP contribution >= 0.6 is 0 Å². The number of fused-ring (bicyclic) bond motifs is 1. The summed E-state index contributed by atoms with van der Waals surface area (Å²) in [5, 5.41) is 3.27. The second-order valence-corrected chi connectivity index (χ2v) is 11.7. The Hall–Kier alpha value is -2.37. The lowest BCUT2D eigenvalue weighted by molar-refractivity contribution is 0.0679. The Labute approximate surface area is 215 Å². The first-order chi connectivity index (χ1) is 17.6. The first-order valence-electron chi connectivity index (χ1n) is 14.1. The Morgan fingerprint density at radius 3 is 2.69 bits per heavy atom. The summed E-state index contributed by atoms with van der Waals surface area (Å²) in [5.74, 6) is 0.789. The Morgan fingerprint density at radius 2 is 1.89 bits per heavy atom. The summed E-state index contributed by atoms with van der Waals surface area (Å²) in [6.07, 6.45) is 12.4. The van der Waals surface area contributed by atoms with Gasteiger partial charge in [-0.1, -0.05) is 31.0 Å². The molecule has 4 aliphatic rings. The third-order valence-electron chi connectivity index (χ3n) is 9.00. The Kier molecular flexibility index (Phi) is 7.03. The number of rotatable bonds is 7. The minimum Gasteiger partial charge on any atom is -0.491 e. The highest BCUT2D eigenvalue weighted by molar-refractivity contribution is 5.94. The number of carbonyl (C=O) groups excluding carboxylic acids is 1. The minimum absolute atomic E-state index is 0.000576. The second-order valence-electron chi connectivity index (χ2n) is 11.7. The van der Waals surface area contributed by atoms with Crippen LogP contribution in [0.1, 0.15) is 78.4 Å². The van der Waals surface area contributed by atoms with Crippen molar-refractivity contribution in [3.63, 3.8) is 0 Å². The van der Waals surface area contributed by atoms with Crippen molar-refractivity contribution >= 4 is 5.91 Å². The molecule has 2 heterocycles. The van der Waals surface area contributed by atoms with Gasteiger partial charge in [-0.15, -0.1) is 0 Å². The zero-order valence-electron chi connectivity index (χ0n) is 21.5. The number of amides is 1. The largest absolute Gasteiger partial charge is 0.491 e. The molecule has 2 aromatic carbocycles. The summed E-state index contributed by atoms with van der Waals surface area (Å²) in [5.41, 5.74) is 5.64. The van der Waals surface area contributed by atoms with E-state index < -0.39 is 0 Å². The van der Waals surface area contributed by atoms with E-state index in [0.717, 1.165) is 51.0 Å². The van der Waals surface area contributed by atoms with Gasteiger partial charge >= 0.3 is 0 Å². The predicted octanol–water partition coefficient (Wildman–Crippen LogP) is 5.30. The monoisotopic (exact) mass is 488 g/mol. The first-order valence-corrected chi connectivity index (χ1v) is 14.1. The zero-order chi connectivity index (χ0) is 24.4. The van der Waals surface area contributed by atoms with Crippen LogP contribution in [0.2, 0.25) is 0 Å². The molecule has 1 spiro atoms. The van der Waals surface area contributed by atoms with Crippen molar-refractivity contribution in [3.05, 3.63) is 64.7 Å². The number of hydrogen-bond donors (Lipinski definition) is 1. The van der Waals surface area contributed by atoms with Gasteiger partial charge in [-0.25, -0.2) is 0 Å². The molecule has 0 unspecified atom stereocenters. The fourth-order valence-corrected chi connectivity index (χ4v) is 6.92. The van der Waals surface area contributed by atoms with Crippen molar-refractivity contribution < 1.29 is 14.3 Å². The van der Waals surface area contributed by atoms with E-state index in [1.165, 1.54) is 61.9 Å². The highest BCUT2D eigenvalue weighted by Gasteiger charge is 2.39. The molecule has 6 rings (SSSR count). The molecule has 2 atom stereocenters. The first kappa shape index (κ1) is 24.0. The second kappa shape index (κ2) is 10.5. The Bertz CT molecular complexity index is 1050. The predicted molar refractivity (Wildman–Crippen MR) is 141 cm³/mol. The van der Waals surface area contributed by atoms with E-state index in [-0.39, 0.29) is 18.1 Å². The third-order valence-corrected chi connectivity index (χ3v) is 9.00. The van der Waals surface area contributed by atoms with Crippen LogP contribution in [0.4, 0.5) is 0 Å². The lowest BCUT2D eigenvalue weighted by atomic mass is 9.85. The number of aryl methyl sites for hydroxylation is 1. The smallest absolute Gasteiger partial charge is 0.251 e. The molecule has 1 saturated carbocycles. The maximum atomic E-state index is 12.9. The van der Waals surface area contributed by atoms with Gasteiger partial charge in [0.2, 0.25) is 0 Å². The molecule has 192 valence electrons. The van der Waals surface area contributed by atoms with Crippen LogP contribution in [-0.4, -0.2) is 49.3 Å². The van der Waals surface area contributed by atoms with Gasteiger partial charge in [0.1, 0.15) is 12.4 Å². The summed E-state index contributed by atoms with van der Waals surface area (Å²) in [6, 6.07) is 14.7. The van der Waals surface area contributed by atoms with Crippen molar-refractivity contribution in [2.24, 2.45) is 5.41 Å². The minimum atomic E-state index is 0.000576. The number of benzene rings is 2. The molecule has 0 bridgehead atoms. The SMILES string of the molecule is O=C(N[C@H]1CCc2cc(CN3CCC4(CCCC4)C3)ccc2C1)c1ccc(OC[C@@H]2CCCO2)cc1. The van der Waals surface area contributed by atoms with Gasteiger partial charge in [-0.05, 0) is 104 Å². The van der Waals surface area contributed by atoms with Crippen molar-refractivity contribution in [2.75, 3.05) is 26.3 Å². The molecule has 2 aliphatic heterocycles. The summed E-state index contributed by atoms with van der Waals surface area (Å²) < 4.78 is 11.4. The van der Waals surface area contributed by atoms with E-state index in [0.29, 0.717) is 17.6 Å². The molecule has 2 aromatic rings. The molecule has 0 aromatic heterocycles. The van der Waals surface area contributed by atoms with E-state index >= 15 is 0 Å². The molecular formula is C31H40N2O3. The summed E-state index contributed by atoms with van der Waals surface area (Å²) in [6.45, 7) is 5.04. The topological polar surface area (TPSA) is 50.8 Å². The summed E-state index contributed by atoms with van der Waals surface area (Å²) in [7, 11) is 0. The van der Waals surface area contributed by atoms with Crippen LogP contribution < -0.4 is 10.1 Å². The number of nitrogens with zero attached hydrogens (tertiary/aromatic N) is 1. The maximum absolute atomic E-state index is 12.9. The van der Waals surface area contributed by atoms with Crippen molar-refractivity contribution in [3.8, 4) is 5.75 Å². The van der Waals surface area contributed by atoms with Crippen LogP contribution in [0.5, 0.6) is 5.75 Å². The van der Waals surface area contributed by atoms with Gasteiger partial charge in [0.05, 0.1) is 6.10 Å². The number of carbonyl (C=O) groups is 1. The molecule has 3 fully saturated rings. The Balaban J connectivity index is 0.995. The van der Waals surface area contributed by atoms with Crippen LogP contribution in [0.25, 0.3) is 0 Å². The maximum Gasteiger partial charge on any atom is 0.251 e. The molecule has 36 heavy (non-hydrogen) atoms. The highest BCUT2D eigenvalue weighted by Crippen LogP contribution is 2.45. The van der Waals surface area contributed by atoms with Gasteiger partial charge < -0.3 is 14.8 Å². The Morgan fingerprint density at radius 1 is 1.03 bits per heavy atom. The summed E-state index contributed by atoms with van der Waals surface area (Å²) in [4.78, 5) is 15.6. The van der Waals surface area contributed by atoms with Gasteiger partial charge in [-0.3, -0.25) is 9.69 Å². The molecule has 0 radical (unpaired) electrons. The van der Waals surface area contributed by atoms with E-state index in [2.05, 4.69) is 28.4 Å². The van der Waals surface area contributed by atoms with Gasteiger partial charge in [0, 0.05) is 31.3 Å². The van der Waals surface area contributed by atoms with E-state index in [4.69, 9.17) is 9.47 Å².